The van der Waals surface area contributed by atoms with E-state index in [2.05, 4.69) is 10.1 Å². The Balaban J connectivity index is 2.35. The third-order valence-electron chi connectivity index (χ3n) is 2.98. The minimum atomic E-state index is -0.421. The van der Waals surface area contributed by atoms with Gasteiger partial charge in [-0.2, -0.15) is 10.1 Å². The SMILES string of the molecule is Cn1c(N)c2cnn(-c3cccc(N)c3)c2nc1=O. The smallest absolute Gasteiger partial charge is 0.350 e. The highest BCUT2D eigenvalue weighted by molar-refractivity contribution is 5.86. The molecule has 3 aromatic rings. The van der Waals surface area contributed by atoms with Crippen molar-refractivity contribution in [2.24, 2.45) is 7.05 Å². The lowest BCUT2D eigenvalue weighted by Gasteiger charge is -2.05. The number of benzene rings is 1. The number of rotatable bonds is 1. The van der Waals surface area contributed by atoms with Gasteiger partial charge >= 0.3 is 5.69 Å². The van der Waals surface area contributed by atoms with E-state index in [1.807, 2.05) is 12.1 Å². The predicted octanol–water partition coefficient (Wildman–Crippen LogP) is 0.284. The molecule has 0 spiro atoms. The summed E-state index contributed by atoms with van der Waals surface area (Å²) in [6.07, 6.45) is 1.58. The lowest BCUT2D eigenvalue weighted by molar-refractivity contribution is 0.824. The molecule has 0 saturated carbocycles. The number of hydrogen-bond acceptors (Lipinski definition) is 5. The van der Waals surface area contributed by atoms with E-state index >= 15 is 0 Å². The van der Waals surface area contributed by atoms with Crippen LogP contribution in [0.3, 0.4) is 0 Å². The number of aromatic nitrogens is 4. The fourth-order valence-electron chi connectivity index (χ4n) is 1.93. The third kappa shape index (κ3) is 1.63. The summed E-state index contributed by atoms with van der Waals surface area (Å²) >= 11 is 0. The van der Waals surface area contributed by atoms with Gasteiger partial charge < -0.3 is 11.5 Å². The number of nitrogens with zero attached hydrogens (tertiary/aromatic N) is 4. The first-order valence-electron chi connectivity index (χ1n) is 5.64. The van der Waals surface area contributed by atoms with Crippen molar-refractivity contribution in [3.63, 3.8) is 0 Å². The van der Waals surface area contributed by atoms with Crippen LogP contribution in [0.15, 0.2) is 35.3 Å². The first-order valence-corrected chi connectivity index (χ1v) is 5.64. The van der Waals surface area contributed by atoms with E-state index in [0.717, 1.165) is 5.69 Å². The Morgan fingerprint density at radius 1 is 1.26 bits per heavy atom. The Kier molecular flexibility index (Phi) is 2.28. The van der Waals surface area contributed by atoms with Crippen molar-refractivity contribution in [2.45, 2.75) is 0 Å². The van der Waals surface area contributed by atoms with Crippen molar-refractivity contribution in [3.8, 4) is 5.69 Å². The van der Waals surface area contributed by atoms with Crippen molar-refractivity contribution >= 4 is 22.5 Å². The molecule has 7 heteroatoms. The Bertz CT molecular complexity index is 832. The van der Waals surface area contributed by atoms with E-state index in [1.165, 1.54) is 4.57 Å². The van der Waals surface area contributed by atoms with Crippen LogP contribution in [0.2, 0.25) is 0 Å². The largest absolute Gasteiger partial charge is 0.399 e. The minimum Gasteiger partial charge on any atom is -0.399 e. The summed E-state index contributed by atoms with van der Waals surface area (Å²) in [5.41, 5.74) is 13.0. The maximum atomic E-state index is 11.7. The summed E-state index contributed by atoms with van der Waals surface area (Å²) in [5, 5.41) is 4.85. The average molecular weight is 256 g/mol. The summed E-state index contributed by atoms with van der Waals surface area (Å²) in [5.74, 6) is 0.338. The Morgan fingerprint density at radius 2 is 2.05 bits per heavy atom. The molecule has 0 saturated heterocycles. The van der Waals surface area contributed by atoms with E-state index in [-0.39, 0.29) is 0 Å². The van der Waals surface area contributed by atoms with Crippen LogP contribution < -0.4 is 17.2 Å². The number of hydrogen-bond donors (Lipinski definition) is 2. The van der Waals surface area contributed by atoms with Gasteiger partial charge in [0.2, 0.25) is 0 Å². The van der Waals surface area contributed by atoms with E-state index < -0.39 is 5.69 Å². The second-order valence-corrected chi connectivity index (χ2v) is 4.23. The Labute approximate surface area is 108 Å². The molecule has 0 aliphatic rings. The predicted molar refractivity (Wildman–Crippen MR) is 72.9 cm³/mol. The standard InChI is InChI=1S/C12H12N6O/c1-17-10(14)9-6-15-18(11(9)16-12(17)19)8-4-2-3-7(13)5-8/h2-6H,13-14H2,1H3. The number of nitrogen functional groups attached to an aromatic ring is 2. The monoisotopic (exact) mass is 256 g/mol. The molecule has 4 N–H and O–H groups in total. The molecule has 0 atom stereocenters. The molecule has 3 rings (SSSR count). The van der Waals surface area contributed by atoms with Gasteiger partial charge in [0.15, 0.2) is 5.65 Å². The van der Waals surface area contributed by atoms with Crippen LogP contribution in [-0.2, 0) is 7.05 Å². The highest BCUT2D eigenvalue weighted by Crippen LogP contribution is 2.20. The normalized spacial score (nSPS) is 11.0. The summed E-state index contributed by atoms with van der Waals surface area (Å²) in [7, 11) is 1.57. The molecule has 0 aliphatic heterocycles. The summed E-state index contributed by atoms with van der Waals surface area (Å²) < 4.78 is 2.83. The van der Waals surface area contributed by atoms with Gasteiger partial charge in [-0.1, -0.05) is 6.07 Å². The molecule has 0 amide bonds. The van der Waals surface area contributed by atoms with Gasteiger partial charge in [-0.3, -0.25) is 4.57 Å². The third-order valence-corrected chi connectivity index (χ3v) is 2.98. The van der Waals surface area contributed by atoms with Gasteiger partial charge in [-0.05, 0) is 18.2 Å². The van der Waals surface area contributed by atoms with Gasteiger partial charge in [0.05, 0.1) is 17.3 Å². The van der Waals surface area contributed by atoms with Crippen LogP contribution in [0.5, 0.6) is 0 Å². The second kappa shape index (κ2) is 3.84. The summed E-state index contributed by atoms with van der Waals surface area (Å²) in [4.78, 5) is 15.7. The summed E-state index contributed by atoms with van der Waals surface area (Å²) in [6.45, 7) is 0. The molecular formula is C12H12N6O. The topological polar surface area (TPSA) is 105 Å². The van der Waals surface area contributed by atoms with Gasteiger partial charge in [-0.15, -0.1) is 0 Å². The van der Waals surface area contributed by atoms with Crippen LogP contribution in [-0.4, -0.2) is 19.3 Å². The van der Waals surface area contributed by atoms with Crippen molar-refractivity contribution < 1.29 is 0 Å². The zero-order chi connectivity index (χ0) is 13.6. The van der Waals surface area contributed by atoms with Crippen LogP contribution in [0.1, 0.15) is 0 Å². The lowest BCUT2D eigenvalue weighted by atomic mass is 10.3. The molecule has 96 valence electrons. The molecule has 0 unspecified atom stereocenters. The van der Waals surface area contributed by atoms with Crippen molar-refractivity contribution in [2.75, 3.05) is 11.5 Å². The summed E-state index contributed by atoms with van der Waals surface area (Å²) in [6, 6.07) is 7.17. The molecule has 19 heavy (non-hydrogen) atoms. The number of nitrogens with two attached hydrogens (primary N) is 2. The zero-order valence-corrected chi connectivity index (χ0v) is 10.2. The molecule has 7 nitrogen and oxygen atoms in total. The van der Waals surface area contributed by atoms with E-state index in [9.17, 15) is 4.79 Å². The van der Waals surface area contributed by atoms with Crippen molar-refractivity contribution in [3.05, 3.63) is 40.9 Å². The van der Waals surface area contributed by atoms with Crippen molar-refractivity contribution in [1.29, 1.82) is 0 Å². The van der Waals surface area contributed by atoms with E-state index in [1.54, 1.807) is 30.1 Å². The van der Waals surface area contributed by atoms with Gasteiger partial charge in [-0.25, -0.2) is 9.48 Å². The quantitative estimate of drug-likeness (QED) is 0.608. The van der Waals surface area contributed by atoms with E-state index in [0.29, 0.717) is 22.5 Å². The minimum absolute atomic E-state index is 0.338. The van der Waals surface area contributed by atoms with E-state index in [4.69, 9.17) is 11.5 Å². The number of anilines is 2. The maximum Gasteiger partial charge on any atom is 0.350 e. The fraction of sp³-hybridized carbons (Fsp3) is 0.0833. The molecule has 0 aliphatic carbocycles. The Hall–Kier alpha value is -2.83. The Morgan fingerprint density at radius 3 is 2.79 bits per heavy atom. The first kappa shape index (κ1) is 11.3. The molecular weight excluding hydrogens is 244 g/mol. The molecule has 2 aromatic heterocycles. The van der Waals surface area contributed by atoms with Crippen LogP contribution in [0, 0.1) is 0 Å². The molecule has 0 bridgehead atoms. The number of fused-ring (bicyclic) bond motifs is 1. The van der Waals surface area contributed by atoms with Crippen LogP contribution in [0.4, 0.5) is 11.5 Å². The maximum absolute atomic E-state index is 11.7. The average Bonchev–Trinajstić information content (AvgIpc) is 2.80. The van der Waals surface area contributed by atoms with Gasteiger partial charge in [0.25, 0.3) is 0 Å². The highest BCUT2D eigenvalue weighted by Gasteiger charge is 2.12. The van der Waals surface area contributed by atoms with Crippen LogP contribution in [0.25, 0.3) is 16.7 Å². The second-order valence-electron chi connectivity index (χ2n) is 4.23. The highest BCUT2D eigenvalue weighted by atomic mass is 16.1. The first-order chi connectivity index (χ1) is 9.08. The molecule has 0 radical (unpaired) electrons. The zero-order valence-electron chi connectivity index (χ0n) is 10.2. The van der Waals surface area contributed by atoms with Crippen molar-refractivity contribution in [1.82, 2.24) is 19.3 Å². The molecule has 0 fully saturated rings. The fourth-order valence-corrected chi connectivity index (χ4v) is 1.93. The molecule has 2 heterocycles. The molecule has 1 aromatic carbocycles. The lowest BCUT2D eigenvalue weighted by Crippen LogP contribution is -2.23. The van der Waals surface area contributed by atoms with Gasteiger partial charge in [0, 0.05) is 12.7 Å². The van der Waals surface area contributed by atoms with Crippen LogP contribution >= 0.6 is 0 Å². The van der Waals surface area contributed by atoms with Gasteiger partial charge in [0.1, 0.15) is 5.82 Å².